The van der Waals surface area contributed by atoms with E-state index in [1.807, 2.05) is 24.3 Å². The van der Waals surface area contributed by atoms with E-state index in [-0.39, 0.29) is 17.5 Å². The van der Waals surface area contributed by atoms with Gasteiger partial charge in [0.25, 0.3) is 0 Å². The molecule has 1 amide bonds. The average Bonchev–Trinajstić information content (AvgIpc) is 3.34. The number of imidazole rings is 1. The maximum atomic E-state index is 13.5. The standard InChI is InChI=1S/C22H19F3N4O3/c1-32-20(31)17(10-13-11-26-15-7-3-2-6-14(13)15)27-19(30)12-29-18-9-5-4-8-16(18)28-21(29)22(23,24)25/h2-9,11,17,26H,10,12H2,1H3,(H,27,30)/t17-/m1/s1. The van der Waals surface area contributed by atoms with Crippen LogP contribution in [0.5, 0.6) is 0 Å². The Labute approximate surface area is 180 Å². The molecule has 32 heavy (non-hydrogen) atoms. The van der Waals surface area contributed by atoms with Crippen LogP contribution in [0.2, 0.25) is 0 Å². The molecular weight excluding hydrogens is 425 g/mol. The summed E-state index contributed by atoms with van der Waals surface area (Å²) < 4.78 is 46.1. The van der Waals surface area contributed by atoms with Gasteiger partial charge in [-0.2, -0.15) is 13.2 Å². The van der Waals surface area contributed by atoms with Gasteiger partial charge in [0.1, 0.15) is 12.6 Å². The number of esters is 1. The Morgan fingerprint density at radius 2 is 1.88 bits per heavy atom. The van der Waals surface area contributed by atoms with E-state index in [4.69, 9.17) is 4.74 Å². The highest BCUT2D eigenvalue weighted by molar-refractivity contribution is 5.88. The van der Waals surface area contributed by atoms with E-state index in [0.717, 1.165) is 21.0 Å². The number of aromatic amines is 1. The third kappa shape index (κ3) is 4.16. The second kappa shape index (κ2) is 8.37. The molecule has 0 fully saturated rings. The fraction of sp³-hybridized carbons (Fsp3) is 0.227. The number of alkyl halides is 3. The first-order chi connectivity index (χ1) is 15.3. The van der Waals surface area contributed by atoms with Crippen LogP contribution in [0.1, 0.15) is 11.4 Å². The van der Waals surface area contributed by atoms with Gasteiger partial charge in [0.15, 0.2) is 0 Å². The number of fused-ring (bicyclic) bond motifs is 2. The van der Waals surface area contributed by atoms with Gasteiger partial charge in [-0.25, -0.2) is 9.78 Å². The van der Waals surface area contributed by atoms with Crippen molar-refractivity contribution in [3.63, 3.8) is 0 Å². The predicted molar refractivity (Wildman–Crippen MR) is 111 cm³/mol. The lowest BCUT2D eigenvalue weighted by atomic mass is 10.0. The second-order valence-corrected chi connectivity index (χ2v) is 7.21. The van der Waals surface area contributed by atoms with Crippen molar-refractivity contribution in [1.29, 1.82) is 0 Å². The predicted octanol–water partition coefficient (Wildman–Crippen LogP) is 3.44. The number of hydrogen-bond donors (Lipinski definition) is 2. The zero-order valence-corrected chi connectivity index (χ0v) is 16.9. The number of rotatable bonds is 6. The van der Waals surface area contributed by atoms with E-state index in [2.05, 4.69) is 15.3 Å². The SMILES string of the molecule is COC(=O)[C@@H](Cc1c[nH]c2ccccc12)NC(=O)Cn1c(C(F)(F)F)nc2ccccc21. The molecule has 4 aromatic rings. The van der Waals surface area contributed by atoms with Gasteiger partial charge in [-0.05, 0) is 23.8 Å². The first-order valence-corrected chi connectivity index (χ1v) is 9.72. The van der Waals surface area contributed by atoms with E-state index in [1.165, 1.54) is 19.2 Å². The van der Waals surface area contributed by atoms with Crippen LogP contribution in [-0.2, 0) is 33.5 Å². The molecule has 2 heterocycles. The Morgan fingerprint density at radius 1 is 1.16 bits per heavy atom. The topological polar surface area (TPSA) is 89.0 Å². The molecule has 0 aliphatic heterocycles. The fourth-order valence-electron chi connectivity index (χ4n) is 3.69. The van der Waals surface area contributed by atoms with Gasteiger partial charge < -0.3 is 19.6 Å². The largest absolute Gasteiger partial charge is 0.467 e. The van der Waals surface area contributed by atoms with Gasteiger partial charge in [-0.1, -0.05) is 30.3 Å². The minimum atomic E-state index is -4.74. The minimum absolute atomic E-state index is 0.110. The van der Waals surface area contributed by atoms with Crippen molar-refractivity contribution in [1.82, 2.24) is 19.9 Å². The number of aromatic nitrogens is 3. The molecule has 0 aliphatic carbocycles. The van der Waals surface area contributed by atoms with Gasteiger partial charge >= 0.3 is 12.1 Å². The lowest BCUT2D eigenvalue weighted by Gasteiger charge is -2.17. The number of para-hydroxylation sites is 3. The molecule has 166 valence electrons. The second-order valence-electron chi connectivity index (χ2n) is 7.21. The van der Waals surface area contributed by atoms with Crippen LogP contribution in [0.25, 0.3) is 21.9 Å². The molecule has 10 heteroatoms. The van der Waals surface area contributed by atoms with Gasteiger partial charge in [-0.15, -0.1) is 0 Å². The van der Waals surface area contributed by atoms with Crippen LogP contribution < -0.4 is 5.32 Å². The molecule has 0 unspecified atom stereocenters. The van der Waals surface area contributed by atoms with Crippen LogP contribution >= 0.6 is 0 Å². The summed E-state index contributed by atoms with van der Waals surface area (Å²) in [7, 11) is 1.18. The number of halogens is 3. The summed E-state index contributed by atoms with van der Waals surface area (Å²) in [4.78, 5) is 31.7. The molecule has 2 N–H and O–H groups in total. The Hall–Kier alpha value is -3.82. The van der Waals surface area contributed by atoms with Crippen molar-refractivity contribution >= 4 is 33.8 Å². The first-order valence-electron chi connectivity index (χ1n) is 9.72. The van der Waals surface area contributed by atoms with E-state index in [9.17, 15) is 22.8 Å². The molecule has 0 saturated heterocycles. The highest BCUT2D eigenvalue weighted by atomic mass is 19.4. The molecule has 0 radical (unpaired) electrons. The van der Waals surface area contributed by atoms with Gasteiger partial charge in [0.2, 0.25) is 11.7 Å². The highest BCUT2D eigenvalue weighted by Crippen LogP contribution is 2.31. The van der Waals surface area contributed by atoms with Crippen molar-refractivity contribution in [2.24, 2.45) is 0 Å². The number of amides is 1. The number of carbonyl (C=O) groups is 2. The van der Waals surface area contributed by atoms with E-state index in [0.29, 0.717) is 0 Å². The minimum Gasteiger partial charge on any atom is -0.467 e. The average molecular weight is 444 g/mol. The zero-order chi connectivity index (χ0) is 22.9. The molecule has 1 atom stereocenters. The van der Waals surface area contributed by atoms with Crippen LogP contribution in [0, 0.1) is 0 Å². The smallest absolute Gasteiger partial charge is 0.449 e. The van der Waals surface area contributed by atoms with Crippen molar-refractivity contribution in [2.75, 3.05) is 7.11 Å². The summed E-state index contributed by atoms with van der Waals surface area (Å²) in [6.07, 6.45) is -2.91. The molecule has 4 rings (SSSR count). The Balaban J connectivity index is 1.59. The molecule has 2 aromatic heterocycles. The number of hydrogen-bond acceptors (Lipinski definition) is 4. The van der Waals surface area contributed by atoms with Crippen LogP contribution in [0.15, 0.2) is 54.7 Å². The summed E-state index contributed by atoms with van der Waals surface area (Å²) in [6.45, 7) is -0.656. The van der Waals surface area contributed by atoms with Gasteiger partial charge in [-0.3, -0.25) is 4.79 Å². The molecule has 2 aromatic carbocycles. The third-order valence-corrected chi connectivity index (χ3v) is 5.13. The normalized spacial score (nSPS) is 12.8. The van der Waals surface area contributed by atoms with Crippen molar-refractivity contribution in [3.05, 3.63) is 66.1 Å². The number of carbonyl (C=O) groups excluding carboxylic acids is 2. The molecule has 0 aliphatic rings. The monoisotopic (exact) mass is 444 g/mol. The van der Waals surface area contributed by atoms with Crippen LogP contribution in [0.4, 0.5) is 13.2 Å². The Kier molecular flexibility index (Phi) is 5.60. The molecule has 0 spiro atoms. The summed E-state index contributed by atoms with van der Waals surface area (Å²) in [5, 5.41) is 3.38. The van der Waals surface area contributed by atoms with Gasteiger partial charge in [0.05, 0.1) is 18.1 Å². The summed E-state index contributed by atoms with van der Waals surface area (Å²) in [6, 6.07) is 12.4. The fourth-order valence-corrected chi connectivity index (χ4v) is 3.69. The van der Waals surface area contributed by atoms with E-state index in [1.54, 1.807) is 18.3 Å². The Morgan fingerprint density at radius 3 is 2.62 bits per heavy atom. The van der Waals surface area contributed by atoms with Crippen LogP contribution in [-0.4, -0.2) is 39.6 Å². The molecule has 0 saturated carbocycles. The Bertz CT molecular complexity index is 1290. The molecule has 0 bridgehead atoms. The maximum absolute atomic E-state index is 13.5. The van der Waals surface area contributed by atoms with Crippen LogP contribution in [0.3, 0.4) is 0 Å². The number of nitrogens with zero attached hydrogens (tertiary/aromatic N) is 2. The van der Waals surface area contributed by atoms with Crippen molar-refractivity contribution in [3.8, 4) is 0 Å². The molecular formula is C22H19F3N4O3. The zero-order valence-electron chi connectivity index (χ0n) is 16.9. The van der Waals surface area contributed by atoms with Crippen molar-refractivity contribution in [2.45, 2.75) is 25.2 Å². The van der Waals surface area contributed by atoms with E-state index < -0.39 is 36.5 Å². The van der Waals surface area contributed by atoms with Gasteiger partial charge in [0, 0.05) is 23.5 Å². The number of ether oxygens (including phenoxy) is 1. The maximum Gasteiger partial charge on any atom is 0.449 e. The molecule has 7 nitrogen and oxygen atoms in total. The summed E-state index contributed by atoms with van der Waals surface area (Å²) >= 11 is 0. The summed E-state index contributed by atoms with van der Waals surface area (Å²) in [5.41, 5.74) is 1.91. The lowest BCUT2D eigenvalue weighted by molar-refractivity contribution is -0.148. The number of benzene rings is 2. The number of nitrogens with one attached hydrogen (secondary N) is 2. The number of H-pyrrole nitrogens is 1. The third-order valence-electron chi connectivity index (χ3n) is 5.13. The highest BCUT2D eigenvalue weighted by Gasteiger charge is 2.38. The van der Waals surface area contributed by atoms with Crippen molar-refractivity contribution < 1.29 is 27.5 Å². The summed E-state index contributed by atoms with van der Waals surface area (Å²) in [5.74, 6) is -2.65. The van der Waals surface area contributed by atoms with E-state index >= 15 is 0 Å². The first kappa shape index (κ1) is 21.4. The number of methoxy groups -OCH3 is 1. The lowest BCUT2D eigenvalue weighted by Crippen LogP contribution is -2.44. The quantitative estimate of drug-likeness (QED) is 0.446.